The molecule has 5 rings (SSSR count). The van der Waals surface area contributed by atoms with Crippen molar-refractivity contribution in [3.05, 3.63) is 64.1 Å². The molecule has 0 radical (unpaired) electrons. The Bertz CT molecular complexity index is 1180. The van der Waals surface area contributed by atoms with E-state index in [2.05, 4.69) is 4.90 Å². The molecule has 2 saturated heterocycles. The molecule has 0 spiro atoms. The Hall–Kier alpha value is -2.65. The van der Waals surface area contributed by atoms with Gasteiger partial charge in [0.2, 0.25) is 5.91 Å². The predicted octanol–water partition coefficient (Wildman–Crippen LogP) is 4.62. The molecule has 3 aliphatic rings. The standard InChI is InChI=1S/C27H30Cl2N2O6/c1-30-16-17-9-11-26(30,12-10-17)24(18-5-3-2-4-6-18)31(21-8-7-19(28)13-20(21)29)22(32)14-27(37,25(35)36)15-23(33)34/h2-8,13,17,24,37H,9-12,14-16H2,1H3,(H,33,34)(H,35,36). The maximum atomic E-state index is 14.1. The van der Waals surface area contributed by atoms with Crippen LogP contribution in [0.1, 0.15) is 50.1 Å². The molecule has 2 aromatic rings. The van der Waals surface area contributed by atoms with Gasteiger partial charge in [-0.3, -0.25) is 14.5 Å². The molecule has 37 heavy (non-hydrogen) atoms. The van der Waals surface area contributed by atoms with Gasteiger partial charge in [-0.25, -0.2) is 4.79 Å². The summed E-state index contributed by atoms with van der Waals surface area (Å²) in [6, 6.07) is 13.5. The van der Waals surface area contributed by atoms with E-state index in [0.717, 1.165) is 37.8 Å². The molecule has 198 valence electrons. The van der Waals surface area contributed by atoms with Gasteiger partial charge in [0.25, 0.3) is 0 Å². The van der Waals surface area contributed by atoms with Gasteiger partial charge in [0.05, 0.1) is 29.6 Å². The monoisotopic (exact) mass is 548 g/mol. The van der Waals surface area contributed by atoms with Crippen molar-refractivity contribution in [3.63, 3.8) is 0 Å². The molecule has 8 nitrogen and oxygen atoms in total. The molecule has 1 saturated carbocycles. The van der Waals surface area contributed by atoms with Gasteiger partial charge in [0, 0.05) is 17.1 Å². The SMILES string of the molecule is CN1CC2CCC1(C(c1ccccc1)N(C(=O)CC(O)(CC(=O)O)C(=O)O)c1ccc(Cl)cc1Cl)CC2. The lowest BCUT2D eigenvalue weighted by Crippen LogP contribution is -2.64. The van der Waals surface area contributed by atoms with Crippen LogP contribution in [-0.2, 0) is 14.4 Å². The molecule has 3 fully saturated rings. The van der Waals surface area contributed by atoms with Gasteiger partial charge in [0.15, 0.2) is 5.60 Å². The minimum atomic E-state index is -2.80. The van der Waals surface area contributed by atoms with Crippen LogP contribution in [0.5, 0.6) is 0 Å². The second-order valence-electron chi connectivity index (χ2n) is 10.2. The van der Waals surface area contributed by atoms with E-state index in [1.807, 2.05) is 37.4 Å². The molecule has 2 aromatic carbocycles. The Balaban J connectivity index is 1.91. The summed E-state index contributed by atoms with van der Waals surface area (Å²) in [5.74, 6) is -3.49. The van der Waals surface area contributed by atoms with Crippen molar-refractivity contribution in [2.45, 2.75) is 55.7 Å². The number of rotatable bonds is 9. The van der Waals surface area contributed by atoms with Gasteiger partial charge in [-0.15, -0.1) is 0 Å². The molecular weight excluding hydrogens is 519 g/mol. The van der Waals surface area contributed by atoms with E-state index in [4.69, 9.17) is 23.2 Å². The summed E-state index contributed by atoms with van der Waals surface area (Å²) in [5, 5.41) is 30.3. The van der Waals surface area contributed by atoms with Crippen LogP contribution in [0.4, 0.5) is 5.69 Å². The smallest absolute Gasteiger partial charge is 0.336 e. The van der Waals surface area contributed by atoms with Crippen molar-refractivity contribution in [1.82, 2.24) is 4.90 Å². The number of fused-ring (bicyclic) bond motifs is 3. The highest BCUT2D eigenvalue weighted by Gasteiger charge is 2.54. The quantitative estimate of drug-likeness (QED) is 0.418. The van der Waals surface area contributed by atoms with Gasteiger partial charge in [-0.05, 0) is 62.4 Å². The van der Waals surface area contributed by atoms with Crippen molar-refractivity contribution in [2.75, 3.05) is 18.5 Å². The first-order valence-electron chi connectivity index (χ1n) is 12.2. The molecule has 1 aliphatic carbocycles. The Morgan fingerprint density at radius 1 is 1.08 bits per heavy atom. The van der Waals surface area contributed by atoms with Crippen molar-refractivity contribution in [3.8, 4) is 0 Å². The van der Waals surface area contributed by atoms with E-state index in [1.165, 1.54) is 11.0 Å². The van der Waals surface area contributed by atoms with Crippen LogP contribution in [0, 0.1) is 5.92 Å². The topological polar surface area (TPSA) is 118 Å². The molecule has 0 aromatic heterocycles. The lowest BCUT2D eigenvalue weighted by molar-refractivity contribution is -0.167. The number of benzene rings is 2. The largest absolute Gasteiger partial charge is 0.481 e. The Morgan fingerprint density at radius 3 is 2.27 bits per heavy atom. The number of piperidine rings is 2. The highest BCUT2D eigenvalue weighted by Crippen LogP contribution is 2.53. The first kappa shape index (κ1) is 27.4. The fourth-order valence-electron chi connectivity index (χ4n) is 6.02. The van der Waals surface area contributed by atoms with Crippen molar-refractivity contribution in [2.24, 2.45) is 5.92 Å². The number of likely N-dealkylation sites (N-methyl/N-ethyl adjacent to an activating group) is 1. The number of halogens is 2. The maximum absolute atomic E-state index is 14.1. The second-order valence-corrected chi connectivity index (χ2v) is 11.0. The van der Waals surface area contributed by atoms with E-state index in [-0.39, 0.29) is 5.02 Å². The van der Waals surface area contributed by atoms with Crippen LogP contribution in [0.3, 0.4) is 0 Å². The fraction of sp³-hybridized carbons (Fsp3) is 0.444. The molecule has 10 heteroatoms. The van der Waals surface area contributed by atoms with Gasteiger partial charge < -0.3 is 20.2 Å². The first-order chi connectivity index (χ1) is 17.5. The van der Waals surface area contributed by atoms with E-state index < -0.39 is 47.9 Å². The first-order valence-corrected chi connectivity index (χ1v) is 12.9. The lowest BCUT2D eigenvalue weighted by Gasteiger charge is -2.59. The average molecular weight is 549 g/mol. The Morgan fingerprint density at radius 2 is 1.73 bits per heavy atom. The molecule has 2 unspecified atom stereocenters. The van der Waals surface area contributed by atoms with Crippen LogP contribution in [0.2, 0.25) is 10.0 Å². The molecule has 2 bridgehead atoms. The number of aliphatic hydroxyl groups is 1. The Labute approximate surface area is 225 Å². The summed E-state index contributed by atoms with van der Waals surface area (Å²) in [6.45, 7) is 0.859. The zero-order valence-corrected chi connectivity index (χ0v) is 22.0. The molecule has 2 heterocycles. The van der Waals surface area contributed by atoms with Crippen molar-refractivity contribution < 1.29 is 29.7 Å². The zero-order valence-electron chi connectivity index (χ0n) is 20.4. The summed E-state index contributed by atoms with van der Waals surface area (Å²) >= 11 is 12.8. The lowest BCUT2D eigenvalue weighted by atomic mass is 9.65. The fourth-order valence-corrected chi connectivity index (χ4v) is 6.52. The van der Waals surface area contributed by atoms with Crippen molar-refractivity contribution in [1.29, 1.82) is 0 Å². The molecule has 3 N–H and O–H groups in total. The second kappa shape index (κ2) is 10.6. The average Bonchev–Trinajstić information content (AvgIpc) is 2.83. The number of anilines is 1. The number of amides is 1. The zero-order chi connectivity index (χ0) is 27.0. The number of nitrogens with zero attached hydrogens (tertiary/aromatic N) is 2. The van der Waals surface area contributed by atoms with Crippen LogP contribution in [0.25, 0.3) is 0 Å². The van der Waals surface area contributed by atoms with Crippen LogP contribution < -0.4 is 4.90 Å². The third kappa shape index (κ3) is 5.34. The molecule has 2 aliphatic heterocycles. The van der Waals surface area contributed by atoms with E-state index in [9.17, 15) is 29.7 Å². The van der Waals surface area contributed by atoms with Gasteiger partial charge >= 0.3 is 11.9 Å². The van der Waals surface area contributed by atoms with Crippen LogP contribution in [-0.4, -0.2) is 62.8 Å². The van der Waals surface area contributed by atoms with Crippen molar-refractivity contribution >= 4 is 46.7 Å². The summed E-state index contributed by atoms with van der Waals surface area (Å²) < 4.78 is 0. The molecule has 2 atom stereocenters. The van der Waals surface area contributed by atoms with Crippen LogP contribution >= 0.6 is 23.2 Å². The van der Waals surface area contributed by atoms with E-state index in [0.29, 0.717) is 16.6 Å². The van der Waals surface area contributed by atoms with E-state index in [1.54, 1.807) is 12.1 Å². The highest BCUT2D eigenvalue weighted by atomic mass is 35.5. The summed E-state index contributed by atoms with van der Waals surface area (Å²) in [4.78, 5) is 41.2. The third-order valence-corrected chi connectivity index (χ3v) is 8.41. The maximum Gasteiger partial charge on any atom is 0.336 e. The number of aliphatic carboxylic acids is 2. The Kier molecular flexibility index (Phi) is 7.85. The van der Waals surface area contributed by atoms with E-state index >= 15 is 0 Å². The van der Waals surface area contributed by atoms with Gasteiger partial charge in [0.1, 0.15) is 0 Å². The number of carboxylic acids is 2. The molecule has 1 amide bonds. The number of hydrogen-bond donors (Lipinski definition) is 3. The highest BCUT2D eigenvalue weighted by molar-refractivity contribution is 6.36. The molecular formula is C27H30Cl2N2O6. The third-order valence-electron chi connectivity index (χ3n) is 7.87. The number of carboxylic acid groups (broad SMARTS) is 2. The summed E-state index contributed by atoms with van der Waals surface area (Å²) in [5.41, 5.74) is -2.15. The van der Waals surface area contributed by atoms with Crippen LogP contribution in [0.15, 0.2) is 48.5 Å². The summed E-state index contributed by atoms with van der Waals surface area (Å²) in [7, 11) is 2.03. The van der Waals surface area contributed by atoms with Gasteiger partial charge in [-0.2, -0.15) is 0 Å². The number of hydrogen-bond acceptors (Lipinski definition) is 5. The van der Waals surface area contributed by atoms with Gasteiger partial charge in [-0.1, -0.05) is 53.5 Å². The minimum absolute atomic E-state index is 0.183. The normalized spacial score (nSPS) is 23.7. The number of carbonyl (C=O) groups excluding carboxylic acids is 1. The minimum Gasteiger partial charge on any atom is -0.481 e. The summed E-state index contributed by atoms with van der Waals surface area (Å²) in [6.07, 6.45) is 1.52. The number of carbonyl (C=O) groups is 3. The predicted molar refractivity (Wildman–Crippen MR) is 140 cm³/mol.